The van der Waals surface area contributed by atoms with Crippen molar-refractivity contribution >= 4 is 0 Å². The Morgan fingerprint density at radius 1 is 1.36 bits per heavy atom. The summed E-state index contributed by atoms with van der Waals surface area (Å²) in [6.45, 7) is 7.33. The van der Waals surface area contributed by atoms with Crippen LogP contribution >= 0.6 is 0 Å². The molecule has 0 aliphatic heterocycles. The summed E-state index contributed by atoms with van der Waals surface area (Å²) in [7, 11) is 0. The van der Waals surface area contributed by atoms with E-state index >= 15 is 0 Å². The maximum Gasteiger partial charge on any atom is 0.0103 e. The van der Waals surface area contributed by atoms with Gasteiger partial charge in [0.2, 0.25) is 0 Å². The Morgan fingerprint density at radius 3 is 2.55 bits per heavy atom. The largest absolute Gasteiger partial charge is 0.314 e. The van der Waals surface area contributed by atoms with Crippen LogP contribution in [0.5, 0.6) is 0 Å². The van der Waals surface area contributed by atoms with E-state index in [1.807, 2.05) is 6.92 Å². The topological polar surface area (TPSA) is 12.0 Å². The normalized spacial score (nSPS) is 11.9. The molecule has 0 spiro atoms. The van der Waals surface area contributed by atoms with Crippen LogP contribution in [0.3, 0.4) is 0 Å². The summed E-state index contributed by atoms with van der Waals surface area (Å²) >= 11 is 0. The summed E-state index contributed by atoms with van der Waals surface area (Å²) in [6.07, 6.45) is 3.42. The second-order valence-electron chi connectivity index (χ2n) is 2.63. The second-order valence-corrected chi connectivity index (χ2v) is 2.63. The van der Waals surface area contributed by atoms with E-state index in [0.717, 1.165) is 13.0 Å². The van der Waals surface area contributed by atoms with Gasteiger partial charge in [0.25, 0.3) is 0 Å². The highest BCUT2D eigenvalue weighted by Gasteiger charge is 2.00. The van der Waals surface area contributed by atoms with Gasteiger partial charge in [-0.25, -0.2) is 0 Å². The molecule has 0 saturated heterocycles. The van der Waals surface area contributed by atoms with Gasteiger partial charge < -0.3 is 5.32 Å². The average molecular weight is 153 g/mol. The molecule has 0 aromatic heterocycles. The fourth-order valence-electron chi connectivity index (χ4n) is 1.11. The van der Waals surface area contributed by atoms with E-state index in [-0.39, 0.29) is 0 Å². The van der Waals surface area contributed by atoms with Gasteiger partial charge in [-0.05, 0) is 26.3 Å². The van der Waals surface area contributed by atoms with Gasteiger partial charge in [0.1, 0.15) is 0 Å². The van der Waals surface area contributed by atoms with Crippen molar-refractivity contribution in [3.8, 4) is 11.8 Å². The Morgan fingerprint density at radius 2 is 2.09 bits per heavy atom. The lowest BCUT2D eigenvalue weighted by atomic mass is 10.1. The minimum absolute atomic E-state index is 0.667. The van der Waals surface area contributed by atoms with Crippen molar-refractivity contribution in [2.24, 2.45) is 0 Å². The molecule has 0 aromatic carbocycles. The molecule has 0 rings (SSSR count). The number of rotatable bonds is 5. The molecule has 0 aromatic rings. The zero-order valence-electron chi connectivity index (χ0n) is 7.91. The number of nitrogens with one attached hydrogen (secondary N) is 1. The molecule has 0 bridgehead atoms. The van der Waals surface area contributed by atoms with Crippen LogP contribution in [0.2, 0.25) is 0 Å². The SMILES string of the molecule is CC#CCCC(CC)NCC. The quantitative estimate of drug-likeness (QED) is 0.597. The first kappa shape index (κ1) is 10.5. The van der Waals surface area contributed by atoms with Crippen LogP contribution in [0.25, 0.3) is 0 Å². The third-order valence-corrected chi connectivity index (χ3v) is 1.78. The summed E-state index contributed by atoms with van der Waals surface area (Å²) < 4.78 is 0. The van der Waals surface area contributed by atoms with E-state index in [9.17, 15) is 0 Å². The fraction of sp³-hybridized carbons (Fsp3) is 0.800. The Labute approximate surface area is 70.6 Å². The lowest BCUT2D eigenvalue weighted by molar-refractivity contribution is 0.487. The standard InChI is InChI=1S/C10H19N/c1-4-7-8-9-10(5-2)11-6-3/h10-11H,5-6,8-9H2,1-3H3. The van der Waals surface area contributed by atoms with E-state index in [4.69, 9.17) is 0 Å². The van der Waals surface area contributed by atoms with Crippen LogP contribution in [0.4, 0.5) is 0 Å². The highest BCUT2D eigenvalue weighted by atomic mass is 14.9. The van der Waals surface area contributed by atoms with Gasteiger partial charge in [0.05, 0.1) is 0 Å². The first-order valence-corrected chi connectivity index (χ1v) is 4.48. The molecular formula is C10H19N. The average Bonchev–Trinajstić information content (AvgIpc) is 2.03. The number of hydrogen-bond donors (Lipinski definition) is 1. The van der Waals surface area contributed by atoms with Crippen LogP contribution in [0.15, 0.2) is 0 Å². The minimum Gasteiger partial charge on any atom is -0.314 e. The first-order chi connectivity index (χ1) is 5.35. The molecule has 1 heteroatoms. The molecule has 1 unspecified atom stereocenters. The molecule has 64 valence electrons. The molecule has 1 atom stereocenters. The van der Waals surface area contributed by atoms with Gasteiger partial charge in [-0.15, -0.1) is 11.8 Å². The Kier molecular flexibility index (Phi) is 7.29. The van der Waals surface area contributed by atoms with Crippen molar-refractivity contribution in [1.29, 1.82) is 0 Å². The third kappa shape index (κ3) is 5.94. The summed E-state index contributed by atoms with van der Waals surface area (Å²) in [4.78, 5) is 0. The highest BCUT2D eigenvalue weighted by Crippen LogP contribution is 1.99. The van der Waals surface area contributed by atoms with Gasteiger partial charge >= 0.3 is 0 Å². The van der Waals surface area contributed by atoms with Crippen molar-refractivity contribution in [3.63, 3.8) is 0 Å². The van der Waals surface area contributed by atoms with Gasteiger partial charge in [0.15, 0.2) is 0 Å². The molecular weight excluding hydrogens is 134 g/mol. The van der Waals surface area contributed by atoms with Crippen LogP contribution < -0.4 is 5.32 Å². The highest BCUT2D eigenvalue weighted by molar-refractivity contribution is 4.95. The van der Waals surface area contributed by atoms with Crippen LogP contribution in [-0.4, -0.2) is 12.6 Å². The zero-order chi connectivity index (χ0) is 8.53. The molecule has 0 radical (unpaired) electrons. The molecule has 0 saturated carbocycles. The van der Waals surface area contributed by atoms with E-state index < -0.39 is 0 Å². The van der Waals surface area contributed by atoms with E-state index in [1.165, 1.54) is 12.8 Å². The molecule has 1 nitrogen and oxygen atoms in total. The maximum atomic E-state index is 3.42. The molecule has 0 aliphatic carbocycles. The summed E-state index contributed by atoms with van der Waals surface area (Å²) in [6, 6.07) is 0.667. The molecule has 11 heavy (non-hydrogen) atoms. The monoisotopic (exact) mass is 153 g/mol. The van der Waals surface area contributed by atoms with Gasteiger partial charge in [-0.1, -0.05) is 13.8 Å². The van der Waals surface area contributed by atoms with Gasteiger partial charge in [0, 0.05) is 12.5 Å². The molecule has 0 heterocycles. The van der Waals surface area contributed by atoms with Crippen molar-refractivity contribution in [2.75, 3.05) is 6.54 Å². The Hall–Kier alpha value is -0.480. The fourth-order valence-corrected chi connectivity index (χ4v) is 1.11. The second kappa shape index (κ2) is 7.63. The van der Waals surface area contributed by atoms with Crippen molar-refractivity contribution in [1.82, 2.24) is 5.32 Å². The van der Waals surface area contributed by atoms with Gasteiger partial charge in [-0.2, -0.15) is 0 Å². The van der Waals surface area contributed by atoms with E-state index in [2.05, 4.69) is 31.0 Å². The Bertz CT molecular complexity index is 130. The third-order valence-electron chi connectivity index (χ3n) is 1.78. The lowest BCUT2D eigenvalue weighted by Gasteiger charge is -2.13. The summed E-state index contributed by atoms with van der Waals surface area (Å²) in [5.74, 6) is 5.99. The zero-order valence-corrected chi connectivity index (χ0v) is 7.91. The molecule has 0 amide bonds. The van der Waals surface area contributed by atoms with Gasteiger partial charge in [-0.3, -0.25) is 0 Å². The minimum atomic E-state index is 0.667. The predicted octanol–water partition coefficient (Wildman–Crippen LogP) is 2.18. The smallest absolute Gasteiger partial charge is 0.0103 e. The Balaban J connectivity index is 3.40. The van der Waals surface area contributed by atoms with E-state index in [0.29, 0.717) is 6.04 Å². The van der Waals surface area contributed by atoms with Crippen LogP contribution in [0, 0.1) is 11.8 Å². The maximum absolute atomic E-state index is 3.42. The molecule has 0 aliphatic rings. The molecule has 1 N–H and O–H groups in total. The van der Waals surface area contributed by atoms with E-state index in [1.54, 1.807) is 0 Å². The summed E-state index contributed by atoms with van der Waals surface area (Å²) in [5, 5.41) is 3.42. The van der Waals surface area contributed by atoms with Crippen LogP contribution in [0.1, 0.15) is 40.0 Å². The predicted molar refractivity (Wildman–Crippen MR) is 50.4 cm³/mol. The first-order valence-electron chi connectivity index (χ1n) is 4.48. The number of hydrogen-bond acceptors (Lipinski definition) is 1. The summed E-state index contributed by atoms with van der Waals surface area (Å²) in [5.41, 5.74) is 0. The van der Waals surface area contributed by atoms with Crippen molar-refractivity contribution in [2.45, 2.75) is 46.1 Å². The van der Waals surface area contributed by atoms with Crippen molar-refractivity contribution < 1.29 is 0 Å². The van der Waals surface area contributed by atoms with Crippen LogP contribution in [-0.2, 0) is 0 Å². The molecule has 0 fully saturated rings. The lowest BCUT2D eigenvalue weighted by Crippen LogP contribution is -2.27. The van der Waals surface area contributed by atoms with Crippen molar-refractivity contribution in [3.05, 3.63) is 0 Å².